The predicted octanol–water partition coefficient (Wildman–Crippen LogP) is 4.58. The van der Waals surface area contributed by atoms with E-state index in [4.69, 9.17) is 22.1 Å². The van der Waals surface area contributed by atoms with Crippen LogP contribution >= 0.6 is 11.6 Å². The zero-order valence-electron chi connectivity index (χ0n) is 11.9. The van der Waals surface area contributed by atoms with Crippen LogP contribution in [0.15, 0.2) is 42.5 Å². The lowest BCUT2D eigenvalue weighted by Crippen LogP contribution is -2.17. The SMILES string of the molecule is CCc1ccccc1Oc1ccc(CC(C)N)cc1Cl. The molecule has 0 aliphatic rings. The topological polar surface area (TPSA) is 35.2 Å². The normalized spacial score (nSPS) is 12.2. The summed E-state index contributed by atoms with van der Waals surface area (Å²) in [7, 11) is 0. The first kappa shape index (κ1) is 14.9. The zero-order chi connectivity index (χ0) is 14.5. The van der Waals surface area contributed by atoms with Crippen LogP contribution in [0.25, 0.3) is 0 Å². The average Bonchev–Trinajstić information content (AvgIpc) is 2.42. The second-order valence-electron chi connectivity index (χ2n) is 5.01. The number of ether oxygens (including phenoxy) is 1. The van der Waals surface area contributed by atoms with Crippen molar-refractivity contribution in [1.82, 2.24) is 0 Å². The molecule has 0 bridgehead atoms. The van der Waals surface area contributed by atoms with Gasteiger partial charge in [-0.15, -0.1) is 0 Å². The molecule has 0 spiro atoms. The molecule has 0 amide bonds. The molecule has 1 unspecified atom stereocenters. The Kier molecular flexibility index (Phi) is 5.05. The molecular weight excluding hydrogens is 270 g/mol. The summed E-state index contributed by atoms with van der Waals surface area (Å²) in [6.07, 6.45) is 1.74. The van der Waals surface area contributed by atoms with Crippen LogP contribution in [0.2, 0.25) is 5.02 Å². The lowest BCUT2D eigenvalue weighted by molar-refractivity contribution is 0.477. The number of para-hydroxylation sites is 1. The highest BCUT2D eigenvalue weighted by Crippen LogP contribution is 2.32. The number of rotatable bonds is 5. The van der Waals surface area contributed by atoms with Crippen LogP contribution in [0.3, 0.4) is 0 Å². The molecule has 2 nitrogen and oxygen atoms in total. The van der Waals surface area contributed by atoms with Crippen molar-refractivity contribution in [1.29, 1.82) is 0 Å². The third kappa shape index (κ3) is 3.75. The minimum Gasteiger partial charge on any atom is -0.456 e. The maximum Gasteiger partial charge on any atom is 0.146 e. The fraction of sp³-hybridized carbons (Fsp3) is 0.294. The molecule has 3 heteroatoms. The van der Waals surface area contributed by atoms with Gasteiger partial charge >= 0.3 is 0 Å². The minimum absolute atomic E-state index is 0.124. The first-order valence-electron chi connectivity index (χ1n) is 6.90. The molecule has 0 aliphatic heterocycles. The second kappa shape index (κ2) is 6.78. The highest BCUT2D eigenvalue weighted by atomic mass is 35.5. The predicted molar refractivity (Wildman–Crippen MR) is 84.7 cm³/mol. The molecule has 0 radical (unpaired) electrons. The van der Waals surface area contributed by atoms with Gasteiger partial charge < -0.3 is 10.5 Å². The van der Waals surface area contributed by atoms with Crippen LogP contribution < -0.4 is 10.5 Å². The second-order valence-corrected chi connectivity index (χ2v) is 5.42. The molecule has 0 aliphatic carbocycles. The molecular formula is C17H20ClNO. The van der Waals surface area contributed by atoms with Crippen LogP contribution in [0, 0.1) is 0 Å². The summed E-state index contributed by atoms with van der Waals surface area (Å²) in [4.78, 5) is 0. The molecule has 0 aromatic heterocycles. The van der Waals surface area contributed by atoms with Crippen molar-refractivity contribution in [3.8, 4) is 11.5 Å². The van der Waals surface area contributed by atoms with Gasteiger partial charge in [0.25, 0.3) is 0 Å². The van der Waals surface area contributed by atoms with Crippen LogP contribution in [0.5, 0.6) is 11.5 Å². The number of hydrogen-bond donors (Lipinski definition) is 1. The van der Waals surface area contributed by atoms with E-state index < -0.39 is 0 Å². The highest BCUT2D eigenvalue weighted by Gasteiger charge is 2.08. The Morgan fingerprint density at radius 2 is 1.90 bits per heavy atom. The van der Waals surface area contributed by atoms with Crippen molar-refractivity contribution < 1.29 is 4.74 Å². The fourth-order valence-electron chi connectivity index (χ4n) is 2.14. The molecule has 0 fully saturated rings. The Labute approximate surface area is 125 Å². The number of halogens is 1. The number of aryl methyl sites for hydroxylation is 1. The highest BCUT2D eigenvalue weighted by molar-refractivity contribution is 6.32. The van der Waals surface area contributed by atoms with E-state index in [1.807, 2.05) is 43.3 Å². The summed E-state index contributed by atoms with van der Waals surface area (Å²) < 4.78 is 5.93. The Morgan fingerprint density at radius 3 is 2.55 bits per heavy atom. The van der Waals surface area contributed by atoms with Gasteiger partial charge in [0.1, 0.15) is 11.5 Å². The van der Waals surface area contributed by atoms with E-state index in [2.05, 4.69) is 13.0 Å². The number of benzene rings is 2. The van der Waals surface area contributed by atoms with Gasteiger partial charge in [-0.05, 0) is 49.1 Å². The van der Waals surface area contributed by atoms with Crippen LogP contribution in [0.4, 0.5) is 0 Å². The summed E-state index contributed by atoms with van der Waals surface area (Å²) in [5.74, 6) is 1.54. The van der Waals surface area contributed by atoms with E-state index in [1.165, 1.54) is 5.56 Å². The summed E-state index contributed by atoms with van der Waals surface area (Å²) in [6.45, 7) is 4.09. The van der Waals surface area contributed by atoms with Gasteiger partial charge in [-0.25, -0.2) is 0 Å². The van der Waals surface area contributed by atoms with Crippen molar-refractivity contribution in [2.24, 2.45) is 5.73 Å². The summed E-state index contributed by atoms with van der Waals surface area (Å²) in [5.41, 5.74) is 8.10. The van der Waals surface area contributed by atoms with E-state index in [0.717, 1.165) is 24.2 Å². The fourth-order valence-corrected chi connectivity index (χ4v) is 2.38. The molecule has 1 atom stereocenters. The molecule has 20 heavy (non-hydrogen) atoms. The first-order valence-corrected chi connectivity index (χ1v) is 7.27. The Hall–Kier alpha value is -1.51. The van der Waals surface area contributed by atoms with Gasteiger partial charge in [0.05, 0.1) is 5.02 Å². The van der Waals surface area contributed by atoms with Gasteiger partial charge in [0, 0.05) is 6.04 Å². The lowest BCUT2D eigenvalue weighted by Gasteiger charge is -2.12. The Morgan fingerprint density at radius 1 is 1.15 bits per heavy atom. The third-order valence-corrected chi connectivity index (χ3v) is 3.42. The average molecular weight is 290 g/mol. The Bertz CT molecular complexity index is 581. The summed E-state index contributed by atoms with van der Waals surface area (Å²) in [5, 5.41) is 0.619. The van der Waals surface area contributed by atoms with Crippen LogP contribution in [0.1, 0.15) is 25.0 Å². The van der Waals surface area contributed by atoms with E-state index in [-0.39, 0.29) is 6.04 Å². The molecule has 2 N–H and O–H groups in total. The molecule has 2 rings (SSSR count). The van der Waals surface area contributed by atoms with Gasteiger partial charge in [0.15, 0.2) is 0 Å². The van der Waals surface area contributed by atoms with Crippen molar-refractivity contribution in [2.75, 3.05) is 0 Å². The largest absolute Gasteiger partial charge is 0.456 e. The lowest BCUT2D eigenvalue weighted by atomic mass is 10.1. The van der Waals surface area contributed by atoms with Crippen molar-refractivity contribution >= 4 is 11.6 Å². The van der Waals surface area contributed by atoms with Crippen LogP contribution in [-0.2, 0) is 12.8 Å². The Balaban J connectivity index is 2.21. The number of nitrogens with two attached hydrogens (primary N) is 1. The van der Waals surface area contributed by atoms with E-state index in [1.54, 1.807) is 0 Å². The van der Waals surface area contributed by atoms with Crippen molar-refractivity contribution in [3.05, 3.63) is 58.6 Å². The smallest absolute Gasteiger partial charge is 0.146 e. The molecule has 2 aromatic carbocycles. The van der Waals surface area contributed by atoms with E-state index in [0.29, 0.717) is 10.8 Å². The maximum atomic E-state index is 6.29. The standard InChI is InChI=1S/C17H20ClNO/c1-3-14-6-4-5-7-16(14)20-17-9-8-13(10-12(2)19)11-15(17)18/h4-9,11-12H,3,10,19H2,1-2H3. The molecule has 0 heterocycles. The zero-order valence-corrected chi connectivity index (χ0v) is 12.7. The summed E-state index contributed by atoms with van der Waals surface area (Å²) in [6, 6.07) is 14.0. The molecule has 0 saturated heterocycles. The third-order valence-electron chi connectivity index (χ3n) is 3.13. The van der Waals surface area contributed by atoms with E-state index >= 15 is 0 Å². The molecule has 106 valence electrons. The van der Waals surface area contributed by atoms with Gasteiger partial charge in [-0.1, -0.05) is 42.8 Å². The van der Waals surface area contributed by atoms with Crippen molar-refractivity contribution in [3.63, 3.8) is 0 Å². The van der Waals surface area contributed by atoms with Gasteiger partial charge in [0.2, 0.25) is 0 Å². The van der Waals surface area contributed by atoms with Gasteiger partial charge in [-0.2, -0.15) is 0 Å². The quantitative estimate of drug-likeness (QED) is 0.874. The molecule has 2 aromatic rings. The maximum absolute atomic E-state index is 6.29. The number of hydrogen-bond acceptors (Lipinski definition) is 2. The molecule has 0 saturated carbocycles. The first-order chi connectivity index (χ1) is 9.60. The van der Waals surface area contributed by atoms with Crippen molar-refractivity contribution in [2.45, 2.75) is 32.7 Å². The monoisotopic (exact) mass is 289 g/mol. The van der Waals surface area contributed by atoms with Crippen LogP contribution in [-0.4, -0.2) is 6.04 Å². The van der Waals surface area contributed by atoms with Gasteiger partial charge in [-0.3, -0.25) is 0 Å². The summed E-state index contributed by atoms with van der Waals surface area (Å²) >= 11 is 6.29. The minimum atomic E-state index is 0.124. The van der Waals surface area contributed by atoms with E-state index in [9.17, 15) is 0 Å².